The average Bonchev–Trinajstić information content (AvgIpc) is 2.88. The van der Waals surface area contributed by atoms with E-state index in [0.29, 0.717) is 11.1 Å². The number of amides is 1. The van der Waals surface area contributed by atoms with Crippen LogP contribution >= 0.6 is 0 Å². The molecule has 1 saturated carbocycles. The Morgan fingerprint density at radius 1 is 1.31 bits per heavy atom. The van der Waals surface area contributed by atoms with E-state index < -0.39 is 11.6 Å². The van der Waals surface area contributed by atoms with E-state index in [4.69, 9.17) is 5.26 Å². The number of aromatic nitrogens is 2. The molecule has 1 aliphatic carbocycles. The monoisotopic (exact) mass is 356 g/mol. The molecule has 2 N–H and O–H groups in total. The molecule has 1 aliphatic rings. The van der Waals surface area contributed by atoms with Crippen LogP contribution in [0.5, 0.6) is 0 Å². The summed E-state index contributed by atoms with van der Waals surface area (Å²) in [5, 5.41) is 18.6. The van der Waals surface area contributed by atoms with Crippen molar-refractivity contribution in [3.63, 3.8) is 0 Å². The van der Waals surface area contributed by atoms with E-state index in [2.05, 4.69) is 11.1 Å². The normalized spacial score (nSPS) is 20.7. The molecule has 2 aromatic rings. The first-order valence-electron chi connectivity index (χ1n) is 8.89. The number of rotatable bonds is 2. The van der Waals surface area contributed by atoms with Gasteiger partial charge in [-0.2, -0.15) is 5.26 Å². The molecule has 1 fully saturated rings. The van der Waals surface area contributed by atoms with Gasteiger partial charge in [-0.1, -0.05) is 0 Å². The summed E-state index contributed by atoms with van der Waals surface area (Å²) in [6, 6.07) is 7.28. The van der Waals surface area contributed by atoms with E-state index in [9.17, 15) is 14.7 Å². The van der Waals surface area contributed by atoms with Crippen molar-refractivity contribution in [3.05, 3.63) is 34.2 Å². The molecule has 0 saturated heterocycles. The Balaban J connectivity index is 1.84. The van der Waals surface area contributed by atoms with E-state index in [1.54, 1.807) is 27.7 Å². The zero-order valence-corrected chi connectivity index (χ0v) is 15.3. The van der Waals surface area contributed by atoms with E-state index in [1.807, 2.05) is 20.8 Å². The second-order valence-electron chi connectivity index (χ2n) is 7.93. The van der Waals surface area contributed by atoms with Crippen molar-refractivity contribution >= 4 is 17.1 Å². The molecule has 3 rings (SSSR count). The Labute approximate surface area is 151 Å². The van der Waals surface area contributed by atoms with Gasteiger partial charge in [-0.15, -0.1) is 0 Å². The number of H-pyrrole nitrogens is 1. The fourth-order valence-corrected chi connectivity index (χ4v) is 4.13. The lowest BCUT2D eigenvalue weighted by Crippen LogP contribution is -2.52. The maximum absolute atomic E-state index is 12.4. The van der Waals surface area contributed by atoms with Crippen LogP contribution in [0.2, 0.25) is 0 Å². The number of carbonyl (C=O) groups is 1. The van der Waals surface area contributed by atoms with Crippen LogP contribution in [0.4, 0.5) is 4.79 Å². The van der Waals surface area contributed by atoms with Crippen LogP contribution in [-0.4, -0.2) is 37.2 Å². The molecule has 1 aromatic heterocycles. The Kier molecular flexibility index (Phi) is 4.53. The third kappa shape index (κ3) is 3.19. The zero-order valence-electron chi connectivity index (χ0n) is 15.3. The van der Waals surface area contributed by atoms with Crippen LogP contribution in [0.25, 0.3) is 11.0 Å². The fraction of sp³-hybridized carbons (Fsp3) is 0.526. The van der Waals surface area contributed by atoms with E-state index >= 15 is 0 Å². The van der Waals surface area contributed by atoms with Crippen molar-refractivity contribution < 1.29 is 9.90 Å². The highest BCUT2D eigenvalue weighted by Crippen LogP contribution is 2.34. The van der Waals surface area contributed by atoms with Gasteiger partial charge in [0.1, 0.15) is 0 Å². The molecule has 7 nitrogen and oxygen atoms in total. The second kappa shape index (κ2) is 6.52. The van der Waals surface area contributed by atoms with Crippen LogP contribution in [-0.2, 0) is 0 Å². The minimum Gasteiger partial charge on any atom is -0.465 e. The number of aromatic amines is 1. The van der Waals surface area contributed by atoms with Crippen LogP contribution in [0.15, 0.2) is 23.0 Å². The lowest BCUT2D eigenvalue weighted by Gasteiger charge is -2.42. The standard InChI is InChI=1S/C19H24N4O3/c1-19(2,3)23(18(25)26)14-7-5-13(6-8-14)22-16-9-4-12(11-20)10-15(16)21-17(22)24/h4,9-10,13-14H,5-8H2,1-3H3,(H,21,24)(H,25,26)/t13-,14-. The van der Waals surface area contributed by atoms with Crippen LogP contribution in [0.1, 0.15) is 58.1 Å². The predicted octanol–water partition coefficient (Wildman–Crippen LogP) is 3.46. The number of carboxylic acid groups (broad SMARTS) is 1. The van der Waals surface area contributed by atoms with Crippen molar-refractivity contribution in [3.8, 4) is 6.07 Å². The highest BCUT2D eigenvalue weighted by atomic mass is 16.4. The Bertz CT molecular complexity index is 921. The lowest BCUT2D eigenvalue weighted by atomic mass is 9.87. The van der Waals surface area contributed by atoms with Crippen molar-refractivity contribution in [2.75, 3.05) is 0 Å². The van der Waals surface area contributed by atoms with Crippen molar-refractivity contribution in [2.45, 2.75) is 64.1 Å². The summed E-state index contributed by atoms with van der Waals surface area (Å²) in [7, 11) is 0. The number of imidazole rings is 1. The van der Waals surface area contributed by atoms with Crippen molar-refractivity contribution in [1.82, 2.24) is 14.5 Å². The first kappa shape index (κ1) is 18.1. The second-order valence-corrected chi connectivity index (χ2v) is 7.93. The summed E-state index contributed by atoms with van der Waals surface area (Å²) in [4.78, 5) is 28.5. The van der Waals surface area contributed by atoms with Gasteiger partial charge >= 0.3 is 11.8 Å². The highest BCUT2D eigenvalue weighted by molar-refractivity contribution is 5.77. The SMILES string of the molecule is CC(C)(C)N(C(=O)O)[C@H]1CC[C@H](n2c(=O)[nH]c3cc(C#N)ccc32)CC1. The number of hydrogen-bond acceptors (Lipinski definition) is 3. The molecule has 0 spiro atoms. The molecule has 7 heteroatoms. The van der Waals surface area contributed by atoms with E-state index in [0.717, 1.165) is 31.2 Å². The van der Waals surface area contributed by atoms with E-state index in [1.165, 1.54) is 0 Å². The molecule has 1 amide bonds. The Hall–Kier alpha value is -2.75. The zero-order chi connectivity index (χ0) is 19.1. The summed E-state index contributed by atoms with van der Waals surface area (Å²) < 4.78 is 1.76. The van der Waals surface area contributed by atoms with Gasteiger partial charge in [0.2, 0.25) is 0 Å². The Morgan fingerprint density at radius 3 is 2.50 bits per heavy atom. The third-order valence-corrected chi connectivity index (χ3v) is 5.17. The van der Waals surface area contributed by atoms with Crippen LogP contribution in [0, 0.1) is 11.3 Å². The summed E-state index contributed by atoms with van der Waals surface area (Å²) in [6.07, 6.45) is 2.05. The molecule has 0 atom stereocenters. The average molecular weight is 356 g/mol. The van der Waals surface area contributed by atoms with Crippen LogP contribution < -0.4 is 5.69 Å². The number of nitrogens with one attached hydrogen (secondary N) is 1. The first-order chi connectivity index (χ1) is 12.2. The summed E-state index contributed by atoms with van der Waals surface area (Å²) in [5.41, 5.74) is 1.34. The lowest BCUT2D eigenvalue weighted by molar-refractivity contribution is 0.0512. The largest absolute Gasteiger partial charge is 0.465 e. The summed E-state index contributed by atoms with van der Waals surface area (Å²) >= 11 is 0. The first-order valence-corrected chi connectivity index (χ1v) is 8.89. The van der Waals surface area contributed by atoms with E-state index in [-0.39, 0.29) is 17.8 Å². The minimum atomic E-state index is -0.894. The third-order valence-electron chi connectivity index (χ3n) is 5.17. The highest BCUT2D eigenvalue weighted by Gasteiger charge is 2.36. The Morgan fingerprint density at radius 2 is 1.96 bits per heavy atom. The molecule has 138 valence electrons. The van der Waals surface area contributed by atoms with Crippen molar-refractivity contribution in [1.29, 1.82) is 5.26 Å². The van der Waals surface area contributed by atoms with Gasteiger partial charge in [0.25, 0.3) is 0 Å². The summed E-state index contributed by atoms with van der Waals surface area (Å²) in [5.74, 6) is 0. The maximum Gasteiger partial charge on any atom is 0.407 e. The van der Waals surface area contributed by atoms with Gasteiger partial charge in [0.15, 0.2) is 0 Å². The van der Waals surface area contributed by atoms with Gasteiger partial charge in [-0.05, 0) is 64.7 Å². The molecule has 0 radical (unpaired) electrons. The topological polar surface area (TPSA) is 102 Å². The van der Waals surface area contributed by atoms with Gasteiger partial charge in [-0.25, -0.2) is 9.59 Å². The molecular formula is C19H24N4O3. The van der Waals surface area contributed by atoms with Gasteiger partial charge < -0.3 is 15.0 Å². The van der Waals surface area contributed by atoms with Crippen molar-refractivity contribution in [2.24, 2.45) is 0 Å². The summed E-state index contributed by atoms with van der Waals surface area (Å²) in [6.45, 7) is 5.72. The molecule has 26 heavy (non-hydrogen) atoms. The molecular weight excluding hydrogens is 332 g/mol. The molecule has 0 unspecified atom stereocenters. The maximum atomic E-state index is 12.4. The molecule has 1 aromatic carbocycles. The smallest absolute Gasteiger partial charge is 0.407 e. The number of hydrogen-bond donors (Lipinski definition) is 2. The molecule has 1 heterocycles. The number of fused-ring (bicyclic) bond motifs is 1. The van der Waals surface area contributed by atoms with Gasteiger partial charge in [0, 0.05) is 17.6 Å². The fourth-order valence-electron chi connectivity index (χ4n) is 4.13. The molecule has 0 bridgehead atoms. The number of benzene rings is 1. The predicted molar refractivity (Wildman–Crippen MR) is 98.2 cm³/mol. The minimum absolute atomic E-state index is 0.0325. The number of nitriles is 1. The van der Waals surface area contributed by atoms with Gasteiger partial charge in [-0.3, -0.25) is 4.57 Å². The quantitative estimate of drug-likeness (QED) is 0.860. The van der Waals surface area contributed by atoms with Gasteiger partial charge in [0.05, 0.1) is 22.7 Å². The molecule has 0 aliphatic heterocycles. The van der Waals surface area contributed by atoms with Crippen LogP contribution in [0.3, 0.4) is 0 Å². The number of nitrogens with zero attached hydrogens (tertiary/aromatic N) is 3.